The Balaban J connectivity index is 2.38. The molecule has 0 spiro atoms. The molecule has 17 heavy (non-hydrogen) atoms. The minimum atomic E-state index is 0.214. The van der Waals surface area contributed by atoms with Gasteiger partial charge in [0.15, 0.2) is 0 Å². The minimum Gasteiger partial charge on any atom is -0.496 e. The number of nitrogens with one attached hydrogen (secondary N) is 1. The van der Waals surface area contributed by atoms with E-state index in [0.29, 0.717) is 0 Å². The topological polar surface area (TPSA) is 21.3 Å². The lowest BCUT2D eigenvalue weighted by Gasteiger charge is -2.21. The van der Waals surface area contributed by atoms with Gasteiger partial charge in [0.05, 0.1) is 13.2 Å². The average molecular weight is 252 g/mol. The number of hydrogen-bond donors (Lipinski definition) is 1. The number of methoxy groups -OCH3 is 1. The van der Waals surface area contributed by atoms with E-state index in [1.165, 1.54) is 18.4 Å². The van der Waals surface area contributed by atoms with Crippen molar-refractivity contribution in [3.8, 4) is 5.75 Å². The highest BCUT2D eigenvalue weighted by Gasteiger charge is 2.20. The van der Waals surface area contributed by atoms with Gasteiger partial charge in [-0.25, -0.2) is 0 Å². The number of rotatable bonds is 4. The van der Waals surface area contributed by atoms with Crippen LogP contribution in [0.4, 0.5) is 0 Å². The Kier molecular flexibility index (Phi) is 4.08. The third kappa shape index (κ3) is 2.64. The van der Waals surface area contributed by atoms with Crippen molar-refractivity contribution >= 4 is 11.6 Å². The smallest absolute Gasteiger partial charge is 0.124 e. The van der Waals surface area contributed by atoms with Gasteiger partial charge in [-0.05, 0) is 44.5 Å². The highest BCUT2D eigenvalue weighted by atomic mass is 35.5. The summed E-state index contributed by atoms with van der Waals surface area (Å²) in [5.41, 5.74) is 2.56. The SMILES string of the molecule is CNC(C1=CCCC1)c1cc(Cl)ccc1OC. The zero-order chi connectivity index (χ0) is 12.3. The van der Waals surface area contributed by atoms with E-state index in [2.05, 4.69) is 11.4 Å². The van der Waals surface area contributed by atoms with Gasteiger partial charge in [-0.3, -0.25) is 0 Å². The predicted molar refractivity (Wildman–Crippen MR) is 71.7 cm³/mol. The van der Waals surface area contributed by atoms with Crippen LogP contribution in [0, 0.1) is 0 Å². The summed E-state index contributed by atoms with van der Waals surface area (Å²) in [6.45, 7) is 0. The Labute approximate surface area is 108 Å². The fourth-order valence-electron chi connectivity index (χ4n) is 2.43. The average Bonchev–Trinajstić information content (AvgIpc) is 2.84. The summed E-state index contributed by atoms with van der Waals surface area (Å²) in [5, 5.41) is 4.10. The fourth-order valence-corrected chi connectivity index (χ4v) is 2.61. The Morgan fingerprint density at radius 1 is 1.41 bits per heavy atom. The van der Waals surface area contributed by atoms with Crippen LogP contribution in [0.25, 0.3) is 0 Å². The van der Waals surface area contributed by atoms with Crippen LogP contribution in [-0.2, 0) is 0 Å². The van der Waals surface area contributed by atoms with Gasteiger partial charge in [-0.1, -0.05) is 23.3 Å². The minimum absolute atomic E-state index is 0.214. The van der Waals surface area contributed by atoms with E-state index in [9.17, 15) is 0 Å². The van der Waals surface area contributed by atoms with Gasteiger partial charge in [0.1, 0.15) is 5.75 Å². The van der Waals surface area contributed by atoms with Gasteiger partial charge >= 0.3 is 0 Å². The van der Waals surface area contributed by atoms with E-state index < -0.39 is 0 Å². The lowest BCUT2D eigenvalue weighted by atomic mass is 9.97. The molecule has 0 saturated heterocycles. The van der Waals surface area contributed by atoms with Crippen molar-refractivity contribution < 1.29 is 4.74 Å². The monoisotopic (exact) mass is 251 g/mol. The Bertz CT molecular complexity index is 428. The zero-order valence-corrected chi connectivity index (χ0v) is 11.1. The van der Waals surface area contributed by atoms with Crippen LogP contribution in [0.2, 0.25) is 5.02 Å². The predicted octanol–water partition coefficient (Wildman–Crippen LogP) is 3.72. The molecule has 0 fully saturated rings. The summed E-state index contributed by atoms with van der Waals surface area (Å²) >= 11 is 6.08. The quantitative estimate of drug-likeness (QED) is 0.824. The first-order valence-electron chi connectivity index (χ1n) is 5.96. The lowest BCUT2D eigenvalue weighted by Crippen LogP contribution is -2.18. The number of allylic oxidation sites excluding steroid dienone is 1. The second-order valence-corrected chi connectivity index (χ2v) is 4.72. The molecular weight excluding hydrogens is 234 g/mol. The Morgan fingerprint density at radius 3 is 2.82 bits per heavy atom. The van der Waals surface area contributed by atoms with Gasteiger partial charge in [-0.15, -0.1) is 0 Å². The van der Waals surface area contributed by atoms with Crippen molar-refractivity contribution in [1.82, 2.24) is 5.32 Å². The van der Waals surface area contributed by atoms with E-state index in [1.807, 2.05) is 25.2 Å². The van der Waals surface area contributed by atoms with Crippen LogP contribution in [0.3, 0.4) is 0 Å². The first-order valence-corrected chi connectivity index (χ1v) is 6.33. The van der Waals surface area contributed by atoms with Crippen molar-refractivity contribution in [1.29, 1.82) is 0 Å². The molecule has 1 aliphatic rings. The van der Waals surface area contributed by atoms with Crippen LogP contribution in [0.15, 0.2) is 29.8 Å². The summed E-state index contributed by atoms with van der Waals surface area (Å²) in [4.78, 5) is 0. The van der Waals surface area contributed by atoms with Crippen molar-refractivity contribution in [2.45, 2.75) is 25.3 Å². The van der Waals surface area contributed by atoms with Gasteiger partial charge in [-0.2, -0.15) is 0 Å². The van der Waals surface area contributed by atoms with Gasteiger partial charge in [0.25, 0.3) is 0 Å². The van der Waals surface area contributed by atoms with Crippen LogP contribution in [0.5, 0.6) is 5.75 Å². The number of benzene rings is 1. The first kappa shape index (κ1) is 12.5. The second kappa shape index (κ2) is 5.56. The van der Waals surface area contributed by atoms with Crippen LogP contribution < -0.4 is 10.1 Å². The Morgan fingerprint density at radius 2 is 2.24 bits per heavy atom. The molecule has 3 heteroatoms. The standard InChI is InChI=1S/C14H18ClNO/c1-16-14(10-5-3-4-6-10)12-9-11(15)7-8-13(12)17-2/h5,7-9,14,16H,3-4,6H2,1-2H3. The molecule has 0 aliphatic heterocycles. The van der Waals surface area contributed by atoms with E-state index in [0.717, 1.165) is 22.8 Å². The van der Waals surface area contributed by atoms with Gasteiger partial charge in [0, 0.05) is 10.6 Å². The molecule has 1 unspecified atom stereocenters. The molecule has 1 atom stereocenters. The molecule has 0 radical (unpaired) electrons. The first-order chi connectivity index (χ1) is 8.26. The van der Waals surface area contributed by atoms with Crippen molar-refractivity contribution in [2.75, 3.05) is 14.2 Å². The molecule has 0 saturated carbocycles. The molecule has 0 heterocycles. The molecular formula is C14H18ClNO. The molecule has 0 amide bonds. The number of ether oxygens (including phenoxy) is 1. The summed E-state index contributed by atoms with van der Waals surface area (Å²) in [6.07, 6.45) is 5.90. The fraction of sp³-hybridized carbons (Fsp3) is 0.429. The maximum absolute atomic E-state index is 6.08. The molecule has 0 bridgehead atoms. The van der Waals surface area contributed by atoms with Crippen molar-refractivity contribution in [3.63, 3.8) is 0 Å². The normalized spacial score (nSPS) is 16.8. The summed E-state index contributed by atoms with van der Waals surface area (Å²) in [7, 11) is 3.67. The molecule has 0 aromatic heterocycles. The van der Waals surface area contributed by atoms with Crippen LogP contribution in [-0.4, -0.2) is 14.2 Å². The maximum atomic E-state index is 6.08. The van der Waals surface area contributed by atoms with E-state index in [-0.39, 0.29) is 6.04 Å². The largest absolute Gasteiger partial charge is 0.496 e. The molecule has 1 aromatic rings. The highest BCUT2D eigenvalue weighted by Crippen LogP contribution is 2.36. The zero-order valence-electron chi connectivity index (χ0n) is 10.3. The van der Waals surface area contributed by atoms with Gasteiger partial charge in [0.2, 0.25) is 0 Å². The Hall–Kier alpha value is -0.990. The van der Waals surface area contributed by atoms with Crippen LogP contribution in [0.1, 0.15) is 30.9 Å². The third-order valence-corrected chi connectivity index (χ3v) is 3.47. The van der Waals surface area contributed by atoms with E-state index >= 15 is 0 Å². The number of hydrogen-bond acceptors (Lipinski definition) is 2. The van der Waals surface area contributed by atoms with Crippen molar-refractivity contribution in [2.24, 2.45) is 0 Å². The van der Waals surface area contributed by atoms with Gasteiger partial charge < -0.3 is 10.1 Å². The maximum Gasteiger partial charge on any atom is 0.124 e. The number of likely N-dealkylation sites (N-methyl/N-ethyl adjacent to an activating group) is 1. The summed E-state index contributed by atoms with van der Waals surface area (Å²) in [6, 6.07) is 5.99. The summed E-state index contributed by atoms with van der Waals surface area (Å²) < 4.78 is 5.42. The molecule has 2 rings (SSSR count). The third-order valence-electron chi connectivity index (χ3n) is 3.24. The van der Waals surface area contributed by atoms with Crippen LogP contribution >= 0.6 is 11.6 Å². The molecule has 92 valence electrons. The molecule has 1 N–H and O–H groups in total. The molecule has 1 aliphatic carbocycles. The highest BCUT2D eigenvalue weighted by molar-refractivity contribution is 6.30. The van der Waals surface area contributed by atoms with E-state index in [1.54, 1.807) is 7.11 Å². The molecule has 1 aromatic carbocycles. The second-order valence-electron chi connectivity index (χ2n) is 4.28. The number of halogens is 1. The molecule has 2 nitrogen and oxygen atoms in total. The summed E-state index contributed by atoms with van der Waals surface area (Å²) in [5.74, 6) is 0.890. The lowest BCUT2D eigenvalue weighted by molar-refractivity contribution is 0.404. The van der Waals surface area contributed by atoms with E-state index in [4.69, 9.17) is 16.3 Å². The van der Waals surface area contributed by atoms with Crippen molar-refractivity contribution in [3.05, 3.63) is 40.4 Å².